The SMILES string of the molecule is Cc1ccccc1-c1nnc(C2(c3ccc(Cl)cc3)CCC2)n1C. The number of hydrogen-bond acceptors (Lipinski definition) is 2. The molecule has 0 spiro atoms. The molecule has 1 heterocycles. The maximum Gasteiger partial charge on any atom is 0.163 e. The van der Waals surface area contributed by atoms with Crippen LogP contribution >= 0.6 is 11.6 Å². The van der Waals surface area contributed by atoms with E-state index in [2.05, 4.69) is 65.1 Å². The van der Waals surface area contributed by atoms with Crippen LogP contribution in [0.3, 0.4) is 0 Å². The lowest BCUT2D eigenvalue weighted by Gasteiger charge is -2.41. The van der Waals surface area contributed by atoms with E-state index in [0.717, 1.165) is 35.1 Å². The fourth-order valence-corrected chi connectivity index (χ4v) is 3.87. The Kier molecular flexibility index (Phi) is 3.69. The summed E-state index contributed by atoms with van der Waals surface area (Å²) in [5.41, 5.74) is 3.61. The van der Waals surface area contributed by atoms with Gasteiger partial charge in [-0.2, -0.15) is 0 Å². The molecule has 0 aliphatic heterocycles. The zero-order valence-corrected chi connectivity index (χ0v) is 14.7. The highest BCUT2D eigenvalue weighted by Gasteiger charge is 2.44. The van der Waals surface area contributed by atoms with Gasteiger partial charge >= 0.3 is 0 Å². The van der Waals surface area contributed by atoms with E-state index in [1.807, 2.05) is 12.1 Å². The molecule has 122 valence electrons. The van der Waals surface area contributed by atoms with Gasteiger partial charge in [0.2, 0.25) is 0 Å². The number of rotatable bonds is 3. The van der Waals surface area contributed by atoms with Crippen molar-refractivity contribution >= 4 is 11.6 Å². The van der Waals surface area contributed by atoms with E-state index in [-0.39, 0.29) is 5.41 Å². The van der Waals surface area contributed by atoms with Crippen LogP contribution in [-0.2, 0) is 12.5 Å². The topological polar surface area (TPSA) is 30.7 Å². The highest BCUT2D eigenvalue weighted by Crippen LogP contribution is 2.48. The molecule has 0 bridgehead atoms. The van der Waals surface area contributed by atoms with E-state index in [1.165, 1.54) is 17.5 Å². The molecule has 0 atom stereocenters. The smallest absolute Gasteiger partial charge is 0.163 e. The van der Waals surface area contributed by atoms with Crippen molar-refractivity contribution in [1.82, 2.24) is 14.8 Å². The molecule has 3 nitrogen and oxygen atoms in total. The largest absolute Gasteiger partial charge is 0.313 e. The van der Waals surface area contributed by atoms with Crippen molar-refractivity contribution < 1.29 is 0 Å². The Morgan fingerprint density at radius 1 is 1.00 bits per heavy atom. The van der Waals surface area contributed by atoms with Crippen molar-refractivity contribution in [3.63, 3.8) is 0 Å². The van der Waals surface area contributed by atoms with Gasteiger partial charge in [-0.05, 0) is 43.0 Å². The molecule has 0 amide bonds. The first-order valence-electron chi connectivity index (χ1n) is 8.34. The molecule has 1 aliphatic rings. The zero-order chi connectivity index (χ0) is 16.7. The van der Waals surface area contributed by atoms with Gasteiger partial charge in [-0.25, -0.2) is 0 Å². The number of aryl methyl sites for hydroxylation is 1. The first kappa shape index (κ1) is 15.4. The van der Waals surface area contributed by atoms with Crippen LogP contribution in [0.15, 0.2) is 48.5 Å². The molecular formula is C20H20ClN3. The van der Waals surface area contributed by atoms with Crippen LogP contribution in [0.25, 0.3) is 11.4 Å². The number of aromatic nitrogens is 3. The Bertz CT molecular complexity index is 876. The fraction of sp³-hybridized carbons (Fsp3) is 0.300. The van der Waals surface area contributed by atoms with Crippen LogP contribution in [0.5, 0.6) is 0 Å². The predicted octanol–water partition coefficient (Wildman–Crippen LogP) is 4.91. The summed E-state index contributed by atoms with van der Waals surface area (Å²) in [4.78, 5) is 0. The molecule has 0 N–H and O–H groups in total. The normalized spacial score (nSPS) is 16.0. The van der Waals surface area contributed by atoms with Gasteiger partial charge in [-0.3, -0.25) is 0 Å². The Hall–Kier alpha value is -2.13. The number of nitrogens with zero attached hydrogens (tertiary/aromatic N) is 3. The van der Waals surface area contributed by atoms with Crippen LogP contribution in [0.1, 0.15) is 36.2 Å². The third-order valence-electron chi connectivity index (χ3n) is 5.29. The van der Waals surface area contributed by atoms with Crippen molar-refractivity contribution in [1.29, 1.82) is 0 Å². The lowest BCUT2D eigenvalue weighted by molar-refractivity contribution is 0.278. The third kappa shape index (κ3) is 2.27. The van der Waals surface area contributed by atoms with E-state index in [1.54, 1.807) is 0 Å². The zero-order valence-electron chi connectivity index (χ0n) is 14.0. The predicted molar refractivity (Wildman–Crippen MR) is 97.3 cm³/mol. The molecule has 4 rings (SSSR count). The van der Waals surface area contributed by atoms with E-state index in [9.17, 15) is 0 Å². The average Bonchev–Trinajstić information content (AvgIpc) is 2.91. The minimum absolute atomic E-state index is 0.0345. The molecule has 0 saturated heterocycles. The first-order valence-corrected chi connectivity index (χ1v) is 8.71. The molecule has 3 aromatic rings. The summed E-state index contributed by atoms with van der Waals surface area (Å²) in [6, 6.07) is 16.5. The van der Waals surface area contributed by atoms with Crippen molar-refractivity contribution in [2.45, 2.75) is 31.6 Å². The molecule has 24 heavy (non-hydrogen) atoms. The van der Waals surface area contributed by atoms with Gasteiger partial charge in [0.1, 0.15) is 5.82 Å². The maximum absolute atomic E-state index is 6.07. The van der Waals surface area contributed by atoms with Gasteiger partial charge in [0, 0.05) is 17.6 Å². The van der Waals surface area contributed by atoms with E-state index in [4.69, 9.17) is 11.6 Å². The van der Waals surface area contributed by atoms with Crippen molar-refractivity contribution in [2.75, 3.05) is 0 Å². The fourth-order valence-electron chi connectivity index (χ4n) is 3.74. The molecule has 1 aliphatic carbocycles. The molecule has 2 aromatic carbocycles. The molecule has 1 aromatic heterocycles. The molecule has 0 radical (unpaired) electrons. The van der Waals surface area contributed by atoms with Crippen LogP contribution in [0.2, 0.25) is 5.02 Å². The number of halogens is 1. The summed E-state index contributed by atoms with van der Waals surface area (Å²) in [7, 11) is 2.08. The monoisotopic (exact) mass is 337 g/mol. The molecule has 1 fully saturated rings. The van der Waals surface area contributed by atoms with Crippen LogP contribution in [0, 0.1) is 6.92 Å². The van der Waals surface area contributed by atoms with Gasteiger partial charge in [-0.15, -0.1) is 10.2 Å². The highest BCUT2D eigenvalue weighted by atomic mass is 35.5. The standard InChI is InChI=1S/C20H20ClN3/c1-14-6-3-4-7-17(14)18-22-23-19(24(18)2)20(12-5-13-20)15-8-10-16(21)11-9-15/h3-4,6-11H,5,12-13H2,1-2H3. The summed E-state index contributed by atoms with van der Waals surface area (Å²) >= 11 is 6.07. The molecule has 0 unspecified atom stereocenters. The second-order valence-electron chi connectivity index (χ2n) is 6.66. The van der Waals surface area contributed by atoms with Gasteiger partial charge < -0.3 is 4.57 Å². The number of benzene rings is 2. The summed E-state index contributed by atoms with van der Waals surface area (Å²) in [5.74, 6) is 1.98. The van der Waals surface area contributed by atoms with Crippen LogP contribution in [0.4, 0.5) is 0 Å². The summed E-state index contributed by atoms with van der Waals surface area (Å²) < 4.78 is 2.16. The van der Waals surface area contributed by atoms with Crippen LogP contribution < -0.4 is 0 Å². The summed E-state index contributed by atoms with van der Waals surface area (Å²) in [6.07, 6.45) is 3.43. The molecule has 4 heteroatoms. The Morgan fingerprint density at radius 2 is 1.71 bits per heavy atom. The Balaban J connectivity index is 1.82. The third-order valence-corrected chi connectivity index (χ3v) is 5.54. The Morgan fingerprint density at radius 3 is 2.33 bits per heavy atom. The van der Waals surface area contributed by atoms with Crippen molar-refractivity contribution in [3.8, 4) is 11.4 Å². The summed E-state index contributed by atoms with van der Waals surface area (Å²) in [5, 5.41) is 9.90. The molecular weight excluding hydrogens is 318 g/mol. The van der Waals surface area contributed by atoms with Gasteiger partial charge in [0.15, 0.2) is 5.82 Å². The second-order valence-corrected chi connectivity index (χ2v) is 7.10. The minimum atomic E-state index is -0.0345. The maximum atomic E-state index is 6.07. The quantitative estimate of drug-likeness (QED) is 0.679. The van der Waals surface area contributed by atoms with E-state index >= 15 is 0 Å². The highest BCUT2D eigenvalue weighted by molar-refractivity contribution is 6.30. The average molecular weight is 338 g/mol. The van der Waals surface area contributed by atoms with Gasteiger partial charge in [-0.1, -0.05) is 54.4 Å². The van der Waals surface area contributed by atoms with E-state index < -0.39 is 0 Å². The van der Waals surface area contributed by atoms with Gasteiger partial charge in [0.25, 0.3) is 0 Å². The number of hydrogen-bond donors (Lipinski definition) is 0. The first-order chi connectivity index (χ1) is 11.6. The minimum Gasteiger partial charge on any atom is -0.313 e. The lowest BCUT2D eigenvalue weighted by atomic mass is 9.64. The van der Waals surface area contributed by atoms with Crippen molar-refractivity contribution in [2.24, 2.45) is 7.05 Å². The molecule has 1 saturated carbocycles. The van der Waals surface area contributed by atoms with Gasteiger partial charge in [0.05, 0.1) is 5.41 Å². The van der Waals surface area contributed by atoms with E-state index in [0.29, 0.717) is 0 Å². The van der Waals surface area contributed by atoms with Crippen molar-refractivity contribution in [3.05, 3.63) is 70.5 Å². The Labute approximate surface area is 147 Å². The van der Waals surface area contributed by atoms with Crippen LogP contribution in [-0.4, -0.2) is 14.8 Å². The second kappa shape index (κ2) is 5.75. The summed E-state index contributed by atoms with van der Waals surface area (Å²) in [6.45, 7) is 2.11. The lowest BCUT2D eigenvalue weighted by Crippen LogP contribution is -2.38.